The van der Waals surface area contributed by atoms with Crippen molar-refractivity contribution >= 4 is 5.97 Å². The summed E-state index contributed by atoms with van der Waals surface area (Å²) < 4.78 is 15.0. The van der Waals surface area contributed by atoms with E-state index in [0.29, 0.717) is 32.8 Å². The molecule has 6 heteroatoms. The fourth-order valence-corrected chi connectivity index (χ4v) is 0.840. The molecule has 0 aromatic heterocycles. The topological polar surface area (TPSA) is 85.2 Å². The number of carboxylic acid groups (broad SMARTS) is 1. The van der Waals surface area contributed by atoms with Crippen LogP contribution >= 0.6 is 0 Å². The lowest BCUT2D eigenvalue weighted by molar-refractivity contribution is -0.162. The van der Waals surface area contributed by atoms with Crippen molar-refractivity contribution in [2.45, 2.75) is 18.9 Å². The third-order valence-corrected chi connectivity index (χ3v) is 1.85. The zero-order chi connectivity index (χ0) is 12.4. The van der Waals surface area contributed by atoms with Crippen molar-refractivity contribution < 1.29 is 29.2 Å². The van der Waals surface area contributed by atoms with Gasteiger partial charge >= 0.3 is 5.97 Å². The lowest BCUT2D eigenvalue weighted by Crippen LogP contribution is -2.40. The fourth-order valence-electron chi connectivity index (χ4n) is 0.840. The third kappa shape index (κ3) is 7.58. The van der Waals surface area contributed by atoms with Crippen molar-refractivity contribution in [3.8, 4) is 0 Å². The summed E-state index contributed by atoms with van der Waals surface area (Å²) in [5.74, 6) is -1.29. The lowest BCUT2D eigenvalue weighted by Gasteiger charge is -2.17. The number of aliphatic hydroxyl groups is 1. The summed E-state index contributed by atoms with van der Waals surface area (Å²) in [5.41, 5.74) is -1.82. The van der Waals surface area contributed by atoms with E-state index in [1.54, 1.807) is 7.11 Å². The third-order valence-electron chi connectivity index (χ3n) is 1.85. The number of hydrogen-bond acceptors (Lipinski definition) is 5. The Morgan fingerprint density at radius 1 is 1.19 bits per heavy atom. The molecule has 0 rings (SSSR count). The number of methoxy groups -OCH3 is 1. The molecule has 0 aromatic rings. The summed E-state index contributed by atoms with van der Waals surface area (Å²) in [6.45, 7) is 2.94. The van der Waals surface area contributed by atoms with Crippen molar-refractivity contribution in [2.75, 3.05) is 40.1 Å². The predicted octanol–water partition coefficient (Wildman–Crippen LogP) is -0.108. The normalized spacial score (nSPS) is 14.7. The van der Waals surface area contributed by atoms with Crippen LogP contribution in [0.2, 0.25) is 0 Å². The molecule has 16 heavy (non-hydrogen) atoms. The van der Waals surface area contributed by atoms with E-state index in [1.165, 1.54) is 6.92 Å². The Kier molecular flexibility index (Phi) is 8.10. The van der Waals surface area contributed by atoms with Gasteiger partial charge in [0.05, 0.1) is 19.8 Å². The van der Waals surface area contributed by atoms with Crippen LogP contribution in [0.1, 0.15) is 13.3 Å². The zero-order valence-corrected chi connectivity index (χ0v) is 9.77. The molecule has 0 heterocycles. The first-order valence-electron chi connectivity index (χ1n) is 5.11. The van der Waals surface area contributed by atoms with Gasteiger partial charge in [0.25, 0.3) is 0 Å². The maximum absolute atomic E-state index is 10.5. The Morgan fingerprint density at radius 3 is 2.38 bits per heavy atom. The Morgan fingerprint density at radius 2 is 1.81 bits per heavy atom. The van der Waals surface area contributed by atoms with Gasteiger partial charge in [0.15, 0.2) is 5.60 Å². The van der Waals surface area contributed by atoms with Crippen molar-refractivity contribution in [1.29, 1.82) is 0 Å². The highest BCUT2D eigenvalue weighted by atomic mass is 16.5. The van der Waals surface area contributed by atoms with E-state index in [0.717, 1.165) is 0 Å². The van der Waals surface area contributed by atoms with Gasteiger partial charge in [-0.25, -0.2) is 4.79 Å². The van der Waals surface area contributed by atoms with E-state index in [-0.39, 0.29) is 6.61 Å². The average molecular weight is 236 g/mol. The molecular formula is C10H20O6. The second kappa shape index (κ2) is 8.46. The first-order valence-corrected chi connectivity index (χ1v) is 5.11. The Labute approximate surface area is 95.1 Å². The molecule has 1 atom stereocenters. The van der Waals surface area contributed by atoms with Gasteiger partial charge in [-0.15, -0.1) is 0 Å². The molecule has 0 bridgehead atoms. The molecule has 0 aliphatic carbocycles. The highest BCUT2D eigenvalue weighted by molar-refractivity contribution is 5.76. The van der Waals surface area contributed by atoms with Crippen molar-refractivity contribution in [1.82, 2.24) is 0 Å². The molecule has 96 valence electrons. The van der Waals surface area contributed by atoms with E-state index >= 15 is 0 Å². The summed E-state index contributed by atoms with van der Waals surface area (Å²) >= 11 is 0. The van der Waals surface area contributed by atoms with E-state index in [2.05, 4.69) is 0 Å². The predicted molar refractivity (Wildman–Crippen MR) is 56.4 cm³/mol. The van der Waals surface area contributed by atoms with E-state index < -0.39 is 11.6 Å². The minimum absolute atomic E-state index is 0.222. The molecule has 0 saturated heterocycles. The number of carboxylic acids is 1. The van der Waals surface area contributed by atoms with Crippen LogP contribution in [-0.4, -0.2) is 61.9 Å². The van der Waals surface area contributed by atoms with Gasteiger partial charge < -0.3 is 24.4 Å². The molecule has 0 spiro atoms. The SMILES string of the molecule is COCCOCCCOCC(C)(O)C(=O)O. The first-order chi connectivity index (χ1) is 7.50. The van der Waals surface area contributed by atoms with Crippen LogP contribution in [0.4, 0.5) is 0 Å². The van der Waals surface area contributed by atoms with Crippen LogP contribution in [-0.2, 0) is 19.0 Å². The van der Waals surface area contributed by atoms with Crippen LogP contribution in [0.25, 0.3) is 0 Å². The number of ether oxygens (including phenoxy) is 3. The van der Waals surface area contributed by atoms with Crippen molar-refractivity contribution in [2.24, 2.45) is 0 Å². The Bertz CT molecular complexity index is 192. The van der Waals surface area contributed by atoms with Gasteiger partial charge in [-0.05, 0) is 13.3 Å². The summed E-state index contributed by atoms with van der Waals surface area (Å²) in [6, 6.07) is 0. The minimum Gasteiger partial charge on any atom is -0.479 e. The lowest BCUT2D eigenvalue weighted by atomic mass is 10.1. The largest absolute Gasteiger partial charge is 0.479 e. The second-order valence-corrected chi connectivity index (χ2v) is 3.59. The molecule has 0 saturated carbocycles. The standard InChI is InChI=1S/C10H20O6/c1-10(13,9(11)12)8-16-5-3-4-15-7-6-14-2/h13H,3-8H2,1-2H3,(H,11,12). The van der Waals surface area contributed by atoms with Gasteiger partial charge in [0.1, 0.15) is 0 Å². The first kappa shape index (κ1) is 15.3. The molecule has 0 radical (unpaired) electrons. The second-order valence-electron chi connectivity index (χ2n) is 3.59. The summed E-state index contributed by atoms with van der Waals surface area (Å²) in [5, 5.41) is 17.9. The maximum Gasteiger partial charge on any atom is 0.337 e. The molecule has 0 fully saturated rings. The van der Waals surface area contributed by atoms with Crippen molar-refractivity contribution in [3.05, 3.63) is 0 Å². The highest BCUT2D eigenvalue weighted by Gasteiger charge is 2.29. The minimum atomic E-state index is -1.82. The van der Waals surface area contributed by atoms with E-state index in [1.807, 2.05) is 0 Å². The van der Waals surface area contributed by atoms with Gasteiger partial charge in [-0.1, -0.05) is 0 Å². The summed E-state index contributed by atoms with van der Waals surface area (Å²) in [7, 11) is 1.60. The molecule has 0 aliphatic heterocycles. The molecule has 1 unspecified atom stereocenters. The monoisotopic (exact) mass is 236 g/mol. The maximum atomic E-state index is 10.5. The van der Waals surface area contributed by atoms with Gasteiger partial charge in [0, 0.05) is 20.3 Å². The number of rotatable bonds is 10. The zero-order valence-electron chi connectivity index (χ0n) is 9.77. The molecule has 0 aromatic carbocycles. The smallest absolute Gasteiger partial charge is 0.337 e. The molecule has 0 amide bonds. The van der Waals surface area contributed by atoms with Gasteiger partial charge in [-0.2, -0.15) is 0 Å². The number of hydrogen-bond donors (Lipinski definition) is 2. The molecule has 6 nitrogen and oxygen atoms in total. The van der Waals surface area contributed by atoms with E-state index in [9.17, 15) is 9.90 Å². The van der Waals surface area contributed by atoms with Crippen LogP contribution in [0.15, 0.2) is 0 Å². The van der Waals surface area contributed by atoms with Crippen molar-refractivity contribution in [3.63, 3.8) is 0 Å². The van der Waals surface area contributed by atoms with Gasteiger partial charge in [0.2, 0.25) is 0 Å². The Hall–Kier alpha value is -0.690. The Balaban J connectivity index is 3.30. The number of carbonyl (C=O) groups is 1. The average Bonchev–Trinajstić information content (AvgIpc) is 2.21. The molecule has 0 aliphatic rings. The fraction of sp³-hybridized carbons (Fsp3) is 0.900. The van der Waals surface area contributed by atoms with E-state index in [4.69, 9.17) is 19.3 Å². The quantitative estimate of drug-likeness (QED) is 0.515. The van der Waals surface area contributed by atoms with Gasteiger partial charge in [-0.3, -0.25) is 0 Å². The number of aliphatic carboxylic acids is 1. The highest BCUT2D eigenvalue weighted by Crippen LogP contribution is 2.03. The van der Waals surface area contributed by atoms with Crippen LogP contribution in [0, 0.1) is 0 Å². The molecular weight excluding hydrogens is 216 g/mol. The van der Waals surface area contributed by atoms with Crippen LogP contribution < -0.4 is 0 Å². The van der Waals surface area contributed by atoms with Crippen LogP contribution in [0.3, 0.4) is 0 Å². The summed E-state index contributed by atoms with van der Waals surface area (Å²) in [6.07, 6.45) is 0.652. The molecule has 2 N–H and O–H groups in total. The summed E-state index contributed by atoms with van der Waals surface area (Å²) in [4.78, 5) is 10.5. The van der Waals surface area contributed by atoms with Crippen LogP contribution in [0.5, 0.6) is 0 Å².